The van der Waals surface area contributed by atoms with Gasteiger partial charge in [-0.1, -0.05) is 43.0 Å². The molecule has 0 atom stereocenters. The highest BCUT2D eigenvalue weighted by molar-refractivity contribution is 7.99. The minimum atomic E-state index is -1.01. The zero-order valence-electron chi connectivity index (χ0n) is 16.7. The summed E-state index contributed by atoms with van der Waals surface area (Å²) < 4.78 is 7.47. The number of rotatable bonds is 9. The third kappa shape index (κ3) is 5.18. The average Bonchev–Trinajstić information content (AvgIpc) is 3.10. The van der Waals surface area contributed by atoms with Gasteiger partial charge in [0, 0.05) is 12.7 Å². The number of benzene rings is 2. The predicted octanol–water partition coefficient (Wildman–Crippen LogP) is 3.39. The van der Waals surface area contributed by atoms with Crippen LogP contribution in [-0.4, -0.2) is 37.5 Å². The molecule has 9 heteroatoms. The summed E-state index contributed by atoms with van der Waals surface area (Å²) in [6.45, 7) is 2.12. The van der Waals surface area contributed by atoms with E-state index in [1.54, 1.807) is 16.7 Å². The number of thioether (sulfide) groups is 1. The van der Waals surface area contributed by atoms with E-state index in [-0.39, 0.29) is 23.8 Å². The van der Waals surface area contributed by atoms with Crippen LogP contribution in [0.4, 0.5) is 5.69 Å². The number of aromatic carboxylic acids is 1. The molecule has 0 aliphatic rings. The second kappa shape index (κ2) is 9.93. The molecule has 1 aromatic heterocycles. The molecule has 3 aromatic rings. The maximum absolute atomic E-state index is 12.4. The number of hydrogen-bond acceptors (Lipinski definition) is 6. The van der Waals surface area contributed by atoms with Crippen molar-refractivity contribution in [3.05, 3.63) is 65.5 Å². The lowest BCUT2D eigenvalue weighted by Gasteiger charge is -2.12. The monoisotopic (exact) mass is 426 g/mol. The Labute approximate surface area is 178 Å². The van der Waals surface area contributed by atoms with E-state index >= 15 is 0 Å². The molecule has 0 spiro atoms. The lowest BCUT2D eigenvalue weighted by atomic mass is 10.0. The highest BCUT2D eigenvalue weighted by atomic mass is 32.2. The van der Waals surface area contributed by atoms with Crippen LogP contribution in [0.5, 0.6) is 5.75 Å². The average molecular weight is 426 g/mol. The van der Waals surface area contributed by atoms with Crippen LogP contribution < -0.4 is 10.1 Å². The Balaban J connectivity index is 1.58. The molecule has 8 nitrogen and oxygen atoms in total. The summed E-state index contributed by atoms with van der Waals surface area (Å²) in [5.74, 6) is 0.240. The van der Waals surface area contributed by atoms with Crippen molar-refractivity contribution in [3.63, 3.8) is 0 Å². The molecular formula is C21H22N4O4S. The van der Waals surface area contributed by atoms with Gasteiger partial charge in [-0.2, -0.15) is 0 Å². The van der Waals surface area contributed by atoms with Gasteiger partial charge in [0.05, 0.1) is 11.3 Å². The Kier molecular flexibility index (Phi) is 7.08. The zero-order chi connectivity index (χ0) is 21.5. The lowest BCUT2D eigenvalue weighted by Crippen LogP contribution is -2.17. The molecule has 0 aliphatic carbocycles. The second-order valence-electron chi connectivity index (χ2n) is 6.39. The Bertz CT molecular complexity index is 1040. The number of amides is 1. The molecule has 0 unspecified atom stereocenters. The van der Waals surface area contributed by atoms with Crippen LogP contribution >= 0.6 is 11.8 Å². The second-order valence-corrected chi connectivity index (χ2v) is 7.33. The molecular weight excluding hydrogens is 404 g/mol. The first kappa shape index (κ1) is 21.4. The van der Waals surface area contributed by atoms with Crippen LogP contribution in [0.25, 0.3) is 0 Å². The Morgan fingerprint density at radius 3 is 2.60 bits per heavy atom. The minimum Gasteiger partial charge on any atom is -0.486 e. The summed E-state index contributed by atoms with van der Waals surface area (Å²) >= 11 is 1.25. The van der Waals surface area contributed by atoms with Crippen molar-refractivity contribution in [2.45, 2.75) is 25.1 Å². The molecule has 0 radical (unpaired) electrons. The van der Waals surface area contributed by atoms with Crippen molar-refractivity contribution in [2.24, 2.45) is 7.05 Å². The lowest BCUT2D eigenvalue weighted by molar-refractivity contribution is -0.113. The van der Waals surface area contributed by atoms with Gasteiger partial charge >= 0.3 is 5.97 Å². The number of carboxylic acids is 1. The van der Waals surface area contributed by atoms with E-state index in [0.717, 1.165) is 5.75 Å². The quantitative estimate of drug-likeness (QED) is 0.505. The number of ether oxygens (including phenoxy) is 1. The smallest absolute Gasteiger partial charge is 0.336 e. The number of carbonyl (C=O) groups is 2. The summed E-state index contributed by atoms with van der Waals surface area (Å²) in [5, 5.41) is 20.9. The molecule has 2 aromatic carbocycles. The molecule has 0 saturated heterocycles. The highest BCUT2D eigenvalue weighted by Crippen LogP contribution is 2.22. The van der Waals surface area contributed by atoms with Crippen molar-refractivity contribution in [1.29, 1.82) is 0 Å². The van der Waals surface area contributed by atoms with Crippen LogP contribution in [0, 0.1) is 0 Å². The number of hydrogen-bond donors (Lipinski definition) is 2. The van der Waals surface area contributed by atoms with Crippen LogP contribution in [-0.2, 0) is 24.9 Å². The predicted molar refractivity (Wildman–Crippen MR) is 114 cm³/mol. The van der Waals surface area contributed by atoms with E-state index in [1.807, 2.05) is 44.3 Å². The van der Waals surface area contributed by atoms with Crippen molar-refractivity contribution < 1.29 is 19.4 Å². The summed E-state index contributed by atoms with van der Waals surface area (Å²) in [6.07, 6.45) is 0.499. The SMILES string of the molecule is CCc1c(NC(=O)CSc2nnc(COc3ccccc3)n2C)cccc1C(=O)O. The van der Waals surface area contributed by atoms with E-state index in [9.17, 15) is 14.7 Å². The van der Waals surface area contributed by atoms with Crippen LogP contribution in [0.1, 0.15) is 28.7 Å². The van der Waals surface area contributed by atoms with E-state index < -0.39 is 5.97 Å². The molecule has 0 saturated carbocycles. The van der Waals surface area contributed by atoms with Crippen molar-refractivity contribution >= 4 is 29.3 Å². The van der Waals surface area contributed by atoms with E-state index in [2.05, 4.69) is 15.5 Å². The van der Waals surface area contributed by atoms with Gasteiger partial charge < -0.3 is 19.7 Å². The van der Waals surface area contributed by atoms with E-state index in [1.165, 1.54) is 17.8 Å². The topological polar surface area (TPSA) is 106 Å². The van der Waals surface area contributed by atoms with Crippen LogP contribution in [0.15, 0.2) is 53.7 Å². The summed E-state index contributed by atoms with van der Waals surface area (Å²) in [7, 11) is 1.81. The number of nitrogens with one attached hydrogen (secondary N) is 1. The van der Waals surface area contributed by atoms with Gasteiger partial charge in [0.2, 0.25) is 5.91 Å². The number of aromatic nitrogens is 3. The molecule has 3 rings (SSSR count). The number of carbonyl (C=O) groups excluding carboxylic acids is 1. The molecule has 0 bridgehead atoms. The molecule has 1 amide bonds. The van der Waals surface area contributed by atoms with E-state index in [4.69, 9.17) is 4.74 Å². The standard InChI is InChI=1S/C21H22N4O4S/c1-3-15-16(20(27)28)10-7-11-17(15)22-19(26)13-30-21-24-23-18(25(21)2)12-29-14-8-5-4-6-9-14/h4-11H,3,12-13H2,1-2H3,(H,22,26)(H,27,28). The highest BCUT2D eigenvalue weighted by Gasteiger charge is 2.16. The molecule has 1 heterocycles. The van der Waals surface area contributed by atoms with Gasteiger partial charge in [-0.3, -0.25) is 4.79 Å². The normalized spacial score (nSPS) is 10.6. The molecule has 2 N–H and O–H groups in total. The van der Waals surface area contributed by atoms with Gasteiger partial charge in [0.15, 0.2) is 11.0 Å². The maximum atomic E-state index is 12.4. The number of nitrogens with zero attached hydrogens (tertiary/aromatic N) is 3. The first-order valence-corrected chi connectivity index (χ1v) is 10.3. The largest absolute Gasteiger partial charge is 0.486 e. The zero-order valence-corrected chi connectivity index (χ0v) is 17.5. The van der Waals surface area contributed by atoms with Crippen molar-refractivity contribution in [3.8, 4) is 5.75 Å². The first-order valence-electron chi connectivity index (χ1n) is 9.33. The fraction of sp³-hybridized carbons (Fsp3) is 0.238. The summed E-state index contributed by atoms with van der Waals surface area (Å²) in [4.78, 5) is 23.8. The van der Waals surface area contributed by atoms with E-state index in [0.29, 0.717) is 28.7 Å². The summed E-state index contributed by atoms with van der Waals surface area (Å²) in [6, 6.07) is 14.3. The number of carboxylic acid groups (broad SMARTS) is 1. The molecule has 30 heavy (non-hydrogen) atoms. The number of anilines is 1. The van der Waals surface area contributed by atoms with Crippen molar-refractivity contribution in [1.82, 2.24) is 14.8 Å². The van der Waals surface area contributed by atoms with Gasteiger partial charge in [0.25, 0.3) is 0 Å². The Hall–Kier alpha value is -3.33. The first-order chi connectivity index (χ1) is 14.5. The molecule has 156 valence electrons. The Morgan fingerprint density at radius 2 is 1.90 bits per heavy atom. The Morgan fingerprint density at radius 1 is 1.13 bits per heavy atom. The third-order valence-electron chi connectivity index (χ3n) is 4.40. The molecule has 0 aliphatic heterocycles. The third-order valence-corrected chi connectivity index (χ3v) is 5.42. The van der Waals surface area contributed by atoms with Gasteiger partial charge in [-0.05, 0) is 36.2 Å². The van der Waals surface area contributed by atoms with Crippen molar-refractivity contribution in [2.75, 3.05) is 11.1 Å². The van der Waals surface area contributed by atoms with Gasteiger partial charge in [-0.15, -0.1) is 10.2 Å². The van der Waals surface area contributed by atoms with Crippen LogP contribution in [0.3, 0.4) is 0 Å². The fourth-order valence-electron chi connectivity index (χ4n) is 2.86. The fourth-order valence-corrected chi connectivity index (χ4v) is 3.59. The summed E-state index contributed by atoms with van der Waals surface area (Å²) in [5.41, 5.74) is 1.31. The maximum Gasteiger partial charge on any atom is 0.336 e. The van der Waals surface area contributed by atoms with Crippen LogP contribution in [0.2, 0.25) is 0 Å². The van der Waals surface area contributed by atoms with Gasteiger partial charge in [-0.25, -0.2) is 4.79 Å². The molecule has 0 fully saturated rings. The number of para-hydroxylation sites is 1. The minimum absolute atomic E-state index is 0.117. The van der Waals surface area contributed by atoms with Gasteiger partial charge in [0.1, 0.15) is 12.4 Å².